The van der Waals surface area contributed by atoms with Crippen molar-refractivity contribution in [3.05, 3.63) is 23.8 Å². The van der Waals surface area contributed by atoms with Crippen molar-refractivity contribution in [3.8, 4) is 11.5 Å². The maximum absolute atomic E-state index is 11.8. The molecule has 6 heteroatoms. The number of carbonyl (C=O) groups is 2. The minimum absolute atomic E-state index is 0.0396. The normalized spacial score (nSPS) is 13.3. The molecule has 0 aliphatic heterocycles. The first-order valence-corrected chi connectivity index (χ1v) is 6.24. The molecule has 3 N–H and O–H groups in total. The molecule has 1 aromatic rings. The maximum atomic E-state index is 11.8. The summed E-state index contributed by atoms with van der Waals surface area (Å²) in [5.74, 6) is -1.18. The number of hydrogen-bond donors (Lipinski definition) is 3. The molecule has 1 aromatic carbocycles. The molecular weight excluding hydrogens is 262 g/mol. The topological polar surface area (TPSA) is 95.9 Å². The fourth-order valence-electron chi connectivity index (χ4n) is 1.87. The Hall–Kier alpha value is -2.24. The first-order valence-electron chi connectivity index (χ1n) is 6.24. The van der Waals surface area contributed by atoms with E-state index < -0.39 is 12.0 Å². The summed E-state index contributed by atoms with van der Waals surface area (Å²) >= 11 is 0. The van der Waals surface area contributed by atoms with Gasteiger partial charge in [0.05, 0.1) is 7.11 Å². The Morgan fingerprint density at radius 2 is 1.95 bits per heavy atom. The minimum Gasteiger partial charge on any atom is -0.508 e. The molecule has 0 aromatic heterocycles. The Labute approximate surface area is 117 Å². The van der Waals surface area contributed by atoms with Crippen LogP contribution in [0, 0.1) is 0 Å². The van der Waals surface area contributed by atoms with Gasteiger partial charge in [-0.05, 0) is 24.5 Å². The molecule has 20 heavy (non-hydrogen) atoms. The zero-order chi connectivity index (χ0) is 15.3. The average molecular weight is 281 g/mol. The fraction of sp³-hybridized carbons (Fsp3) is 0.429. The van der Waals surface area contributed by atoms with Crippen molar-refractivity contribution < 1.29 is 24.5 Å². The second kappa shape index (κ2) is 6.79. The summed E-state index contributed by atoms with van der Waals surface area (Å²) in [4.78, 5) is 23.0. The maximum Gasteiger partial charge on any atom is 0.328 e. The summed E-state index contributed by atoms with van der Waals surface area (Å²) in [6.45, 7) is 3.31. The third kappa shape index (κ3) is 4.15. The zero-order valence-electron chi connectivity index (χ0n) is 11.7. The number of ether oxygens (including phenoxy) is 1. The van der Waals surface area contributed by atoms with E-state index in [0.29, 0.717) is 5.56 Å². The molecule has 0 fully saturated rings. The van der Waals surface area contributed by atoms with Crippen LogP contribution in [0.1, 0.15) is 31.7 Å². The van der Waals surface area contributed by atoms with Crippen LogP contribution in [-0.2, 0) is 14.3 Å². The van der Waals surface area contributed by atoms with Crippen molar-refractivity contribution in [1.82, 2.24) is 5.32 Å². The number of methoxy groups -OCH3 is 1. The number of nitrogens with one attached hydrogen (secondary N) is 1. The molecule has 2 unspecified atom stereocenters. The molecule has 0 spiro atoms. The largest absolute Gasteiger partial charge is 0.508 e. The SMILES string of the molecule is COC(=O)C(C)NC(=O)CC(C)c1ccc(O)cc1O. The van der Waals surface area contributed by atoms with E-state index >= 15 is 0 Å². The van der Waals surface area contributed by atoms with Gasteiger partial charge in [0.1, 0.15) is 17.5 Å². The Morgan fingerprint density at radius 3 is 2.50 bits per heavy atom. The summed E-state index contributed by atoms with van der Waals surface area (Å²) in [5, 5.41) is 21.5. The number of phenolic OH excluding ortho intramolecular Hbond substituents is 2. The summed E-state index contributed by atoms with van der Waals surface area (Å²) in [5.41, 5.74) is 0.559. The van der Waals surface area contributed by atoms with Crippen LogP contribution in [0.15, 0.2) is 18.2 Å². The Balaban J connectivity index is 2.63. The van der Waals surface area contributed by atoms with Gasteiger partial charge in [-0.25, -0.2) is 4.79 Å². The van der Waals surface area contributed by atoms with Crippen LogP contribution >= 0.6 is 0 Å². The monoisotopic (exact) mass is 281 g/mol. The third-order valence-corrected chi connectivity index (χ3v) is 2.97. The van der Waals surface area contributed by atoms with Crippen molar-refractivity contribution in [2.75, 3.05) is 7.11 Å². The van der Waals surface area contributed by atoms with Gasteiger partial charge in [-0.2, -0.15) is 0 Å². The quantitative estimate of drug-likeness (QED) is 0.706. The van der Waals surface area contributed by atoms with E-state index in [4.69, 9.17) is 0 Å². The van der Waals surface area contributed by atoms with Crippen LogP contribution in [0.5, 0.6) is 11.5 Å². The average Bonchev–Trinajstić information content (AvgIpc) is 2.37. The number of rotatable bonds is 5. The number of phenols is 2. The molecule has 2 atom stereocenters. The minimum atomic E-state index is -0.715. The Morgan fingerprint density at radius 1 is 1.30 bits per heavy atom. The zero-order valence-corrected chi connectivity index (χ0v) is 11.7. The van der Waals surface area contributed by atoms with Gasteiger partial charge < -0.3 is 20.3 Å². The summed E-state index contributed by atoms with van der Waals surface area (Å²) in [6, 6.07) is 3.52. The molecule has 0 saturated carbocycles. The molecule has 0 saturated heterocycles. The van der Waals surface area contributed by atoms with Crippen LogP contribution in [0.3, 0.4) is 0 Å². The van der Waals surface area contributed by atoms with Gasteiger partial charge in [-0.1, -0.05) is 13.0 Å². The highest BCUT2D eigenvalue weighted by molar-refractivity contribution is 5.84. The number of amides is 1. The second-order valence-corrected chi connectivity index (χ2v) is 4.66. The fourth-order valence-corrected chi connectivity index (χ4v) is 1.87. The number of aromatic hydroxyl groups is 2. The number of hydrogen-bond acceptors (Lipinski definition) is 5. The Kier molecular flexibility index (Phi) is 5.37. The molecule has 6 nitrogen and oxygen atoms in total. The van der Waals surface area contributed by atoms with E-state index in [1.165, 1.54) is 26.2 Å². The standard InChI is InChI=1S/C14H19NO5/c1-8(11-5-4-10(16)7-12(11)17)6-13(18)15-9(2)14(19)20-3/h4-5,7-9,16-17H,6H2,1-3H3,(H,15,18). The second-order valence-electron chi connectivity index (χ2n) is 4.66. The molecular formula is C14H19NO5. The smallest absolute Gasteiger partial charge is 0.328 e. The lowest BCUT2D eigenvalue weighted by molar-refractivity contribution is -0.144. The van der Waals surface area contributed by atoms with Crippen LogP contribution in [-0.4, -0.2) is 35.2 Å². The highest BCUT2D eigenvalue weighted by atomic mass is 16.5. The van der Waals surface area contributed by atoms with E-state index in [1.54, 1.807) is 13.0 Å². The highest BCUT2D eigenvalue weighted by Crippen LogP contribution is 2.30. The van der Waals surface area contributed by atoms with Crippen molar-refractivity contribution in [2.45, 2.75) is 32.2 Å². The van der Waals surface area contributed by atoms with E-state index in [0.717, 1.165) is 0 Å². The lowest BCUT2D eigenvalue weighted by atomic mass is 9.96. The predicted octanol–water partition coefficient (Wildman–Crippen LogP) is 1.27. The van der Waals surface area contributed by atoms with Gasteiger partial charge in [0.15, 0.2) is 0 Å². The van der Waals surface area contributed by atoms with Crippen molar-refractivity contribution in [2.24, 2.45) is 0 Å². The molecule has 110 valence electrons. The van der Waals surface area contributed by atoms with Gasteiger partial charge in [0.25, 0.3) is 0 Å². The van der Waals surface area contributed by atoms with Gasteiger partial charge in [-0.3, -0.25) is 4.79 Å². The highest BCUT2D eigenvalue weighted by Gasteiger charge is 2.19. The lowest BCUT2D eigenvalue weighted by Crippen LogP contribution is -2.39. The first kappa shape index (κ1) is 15.8. The number of carbonyl (C=O) groups excluding carboxylic acids is 2. The summed E-state index contributed by atoms with van der Waals surface area (Å²) in [7, 11) is 1.25. The van der Waals surface area contributed by atoms with Gasteiger partial charge in [0, 0.05) is 12.5 Å². The molecule has 0 aliphatic rings. The molecule has 1 rings (SSSR count). The van der Waals surface area contributed by atoms with Crippen LogP contribution in [0.2, 0.25) is 0 Å². The molecule has 0 aliphatic carbocycles. The van der Waals surface area contributed by atoms with Crippen LogP contribution in [0.25, 0.3) is 0 Å². The first-order chi connectivity index (χ1) is 9.35. The predicted molar refractivity (Wildman–Crippen MR) is 72.4 cm³/mol. The summed E-state index contributed by atoms with van der Waals surface area (Å²) < 4.78 is 4.51. The lowest BCUT2D eigenvalue weighted by Gasteiger charge is -2.16. The molecule has 1 amide bonds. The van der Waals surface area contributed by atoms with E-state index in [-0.39, 0.29) is 29.7 Å². The molecule has 0 radical (unpaired) electrons. The van der Waals surface area contributed by atoms with Crippen LogP contribution < -0.4 is 5.32 Å². The molecule has 0 bridgehead atoms. The van der Waals surface area contributed by atoms with Gasteiger partial charge in [0.2, 0.25) is 5.91 Å². The van der Waals surface area contributed by atoms with Gasteiger partial charge in [-0.15, -0.1) is 0 Å². The summed E-state index contributed by atoms with van der Waals surface area (Å²) in [6.07, 6.45) is 0.111. The third-order valence-electron chi connectivity index (χ3n) is 2.97. The number of benzene rings is 1. The van der Waals surface area contributed by atoms with Gasteiger partial charge >= 0.3 is 5.97 Å². The van der Waals surface area contributed by atoms with E-state index in [9.17, 15) is 19.8 Å². The Bertz CT molecular complexity index is 500. The van der Waals surface area contributed by atoms with E-state index in [2.05, 4.69) is 10.1 Å². The number of esters is 1. The van der Waals surface area contributed by atoms with Crippen LogP contribution in [0.4, 0.5) is 0 Å². The molecule has 0 heterocycles. The van der Waals surface area contributed by atoms with Crippen molar-refractivity contribution in [1.29, 1.82) is 0 Å². The van der Waals surface area contributed by atoms with Crippen molar-refractivity contribution in [3.63, 3.8) is 0 Å². The van der Waals surface area contributed by atoms with Crippen molar-refractivity contribution >= 4 is 11.9 Å². The van der Waals surface area contributed by atoms with E-state index in [1.807, 2.05) is 0 Å².